The molecule has 1 aromatic heterocycles. The van der Waals surface area contributed by atoms with Crippen molar-refractivity contribution in [3.8, 4) is 0 Å². The van der Waals surface area contributed by atoms with Crippen LogP contribution in [0.3, 0.4) is 0 Å². The highest BCUT2D eigenvalue weighted by molar-refractivity contribution is 5.99. The van der Waals surface area contributed by atoms with Crippen molar-refractivity contribution in [2.24, 2.45) is 0 Å². The second-order valence-corrected chi connectivity index (χ2v) is 4.91. The van der Waals surface area contributed by atoms with Gasteiger partial charge in [0.2, 0.25) is 11.8 Å². The van der Waals surface area contributed by atoms with E-state index in [1.54, 1.807) is 12.1 Å². The maximum atomic E-state index is 12.0. The molecule has 0 aliphatic rings. The number of hydrogen-bond acceptors (Lipinski definition) is 4. The van der Waals surface area contributed by atoms with Crippen molar-refractivity contribution in [3.05, 3.63) is 54.6 Å². The minimum atomic E-state index is -0.301. The van der Waals surface area contributed by atoms with Crippen molar-refractivity contribution in [1.82, 2.24) is 20.5 Å². The van der Waals surface area contributed by atoms with Crippen LogP contribution in [0.5, 0.6) is 0 Å². The highest BCUT2D eigenvalue weighted by Gasteiger charge is 2.08. The Morgan fingerprint density at radius 3 is 2.87 bits per heavy atom. The largest absolute Gasteiger partial charge is 0.356 e. The van der Waals surface area contributed by atoms with Gasteiger partial charge in [-0.1, -0.05) is 24.8 Å². The predicted molar refractivity (Wildman–Crippen MR) is 86.7 cm³/mol. The highest BCUT2D eigenvalue weighted by atomic mass is 16.2. The second kappa shape index (κ2) is 8.47. The summed E-state index contributed by atoms with van der Waals surface area (Å²) in [5.41, 5.74) is 1.38. The molecule has 0 bridgehead atoms. The highest BCUT2D eigenvalue weighted by Crippen LogP contribution is 2.15. The zero-order chi connectivity index (χ0) is 16.5. The molecule has 120 valence electrons. The van der Waals surface area contributed by atoms with Crippen molar-refractivity contribution in [2.45, 2.75) is 19.3 Å². The third kappa shape index (κ3) is 5.39. The molecule has 3 N–H and O–H groups in total. The number of aryl methyl sites for hydroxylation is 1. The first-order valence-electron chi connectivity index (χ1n) is 7.31. The summed E-state index contributed by atoms with van der Waals surface area (Å²) in [5, 5.41) is 12.1. The van der Waals surface area contributed by atoms with Crippen molar-refractivity contribution in [2.75, 3.05) is 11.9 Å². The smallest absolute Gasteiger partial charge is 0.247 e. The third-order valence-corrected chi connectivity index (χ3v) is 3.19. The quantitative estimate of drug-likeness (QED) is 0.504. The summed E-state index contributed by atoms with van der Waals surface area (Å²) in [6, 6.07) is 7.20. The fourth-order valence-corrected chi connectivity index (χ4v) is 2.05. The standard InChI is InChI=1S/C16H19N5O2/c1-2-15(22)20-13-7-4-3-6-12(13)10-16(23)17-9-5-8-14-18-11-19-21-14/h2-4,6-7,11H,1,5,8-10H2,(H,17,23)(H,20,22)(H,18,19,21). The van der Waals surface area contributed by atoms with E-state index in [0.717, 1.165) is 24.2 Å². The molecule has 0 fully saturated rings. The van der Waals surface area contributed by atoms with Gasteiger partial charge in [-0.2, -0.15) is 5.10 Å². The Morgan fingerprint density at radius 2 is 2.13 bits per heavy atom. The number of carbonyl (C=O) groups excluding carboxylic acids is 2. The molecule has 2 aromatic rings. The average molecular weight is 313 g/mol. The van der Waals surface area contributed by atoms with Crippen LogP contribution in [0.2, 0.25) is 0 Å². The van der Waals surface area contributed by atoms with E-state index in [1.807, 2.05) is 12.1 Å². The lowest BCUT2D eigenvalue weighted by atomic mass is 10.1. The van der Waals surface area contributed by atoms with Crippen LogP contribution in [0.25, 0.3) is 0 Å². The molecule has 7 nitrogen and oxygen atoms in total. The van der Waals surface area contributed by atoms with E-state index >= 15 is 0 Å². The SMILES string of the molecule is C=CC(=O)Nc1ccccc1CC(=O)NCCCc1ncn[nH]1. The van der Waals surface area contributed by atoms with Gasteiger partial charge in [0, 0.05) is 18.7 Å². The Labute approximate surface area is 134 Å². The van der Waals surface area contributed by atoms with Crippen LogP contribution in [0.15, 0.2) is 43.2 Å². The fourth-order valence-electron chi connectivity index (χ4n) is 2.05. The van der Waals surface area contributed by atoms with E-state index < -0.39 is 0 Å². The number of anilines is 1. The van der Waals surface area contributed by atoms with Gasteiger partial charge < -0.3 is 10.6 Å². The summed E-state index contributed by atoms with van der Waals surface area (Å²) in [5.74, 6) is 0.407. The molecule has 23 heavy (non-hydrogen) atoms. The lowest BCUT2D eigenvalue weighted by Gasteiger charge is -2.10. The maximum absolute atomic E-state index is 12.0. The van der Waals surface area contributed by atoms with Crippen LogP contribution >= 0.6 is 0 Å². The number of para-hydroxylation sites is 1. The minimum absolute atomic E-state index is 0.0946. The van der Waals surface area contributed by atoms with E-state index in [0.29, 0.717) is 12.2 Å². The number of benzene rings is 1. The van der Waals surface area contributed by atoms with Crippen LogP contribution in [0.1, 0.15) is 17.8 Å². The Kier molecular flexibility index (Phi) is 6.05. The molecule has 0 unspecified atom stereocenters. The molecular formula is C16H19N5O2. The third-order valence-electron chi connectivity index (χ3n) is 3.19. The second-order valence-electron chi connectivity index (χ2n) is 4.91. The number of carbonyl (C=O) groups is 2. The molecule has 0 aliphatic carbocycles. The Balaban J connectivity index is 1.80. The van der Waals surface area contributed by atoms with Gasteiger partial charge in [0.25, 0.3) is 0 Å². The number of rotatable bonds is 8. The molecule has 2 amide bonds. The summed E-state index contributed by atoms with van der Waals surface area (Å²) in [6.45, 7) is 3.97. The number of H-pyrrole nitrogens is 1. The fraction of sp³-hybridized carbons (Fsp3) is 0.250. The molecule has 0 atom stereocenters. The van der Waals surface area contributed by atoms with Gasteiger partial charge >= 0.3 is 0 Å². The van der Waals surface area contributed by atoms with Gasteiger partial charge in [0.05, 0.1) is 6.42 Å². The minimum Gasteiger partial charge on any atom is -0.356 e. The topological polar surface area (TPSA) is 99.8 Å². The summed E-state index contributed by atoms with van der Waals surface area (Å²) >= 11 is 0. The number of amides is 2. The van der Waals surface area contributed by atoms with Gasteiger partial charge in [-0.05, 0) is 24.1 Å². The van der Waals surface area contributed by atoms with Crippen LogP contribution in [0.4, 0.5) is 5.69 Å². The summed E-state index contributed by atoms with van der Waals surface area (Å²) in [4.78, 5) is 27.4. The van der Waals surface area contributed by atoms with Gasteiger partial charge in [0.1, 0.15) is 12.2 Å². The van der Waals surface area contributed by atoms with Gasteiger partial charge in [-0.25, -0.2) is 4.98 Å². The number of nitrogens with zero attached hydrogens (tertiary/aromatic N) is 2. The first kappa shape index (κ1) is 16.4. The van der Waals surface area contributed by atoms with Crippen molar-refractivity contribution in [3.63, 3.8) is 0 Å². The molecule has 0 saturated carbocycles. The molecule has 0 aliphatic heterocycles. The zero-order valence-electron chi connectivity index (χ0n) is 12.7. The van der Waals surface area contributed by atoms with Crippen molar-refractivity contribution in [1.29, 1.82) is 0 Å². The Morgan fingerprint density at radius 1 is 1.30 bits per heavy atom. The lowest BCUT2D eigenvalue weighted by molar-refractivity contribution is -0.120. The summed E-state index contributed by atoms with van der Waals surface area (Å²) < 4.78 is 0. The van der Waals surface area contributed by atoms with E-state index in [4.69, 9.17) is 0 Å². The first-order valence-corrected chi connectivity index (χ1v) is 7.31. The normalized spacial score (nSPS) is 10.1. The Bertz CT molecular complexity index is 667. The number of aromatic amines is 1. The predicted octanol–water partition coefficient (Wildman–Crippen LogP) is 1.22. The molecule has 0 saturated heterocycles. The number of nitrogens with one attached hydrogen (secondary N) is 3. The van der Waals surface area contributed by atoms with Crippen molar-refractivity contribution >= 4 is 17.5 Å². The molecule has 0 spiro atoms. The van der Waals surface area contributed by atoms with E-state index in [2.05, 4.69) is 32.4 Å². The van der Waals surface area contributed by atoms with E-state index in [9.17, 15) is 9.59 Å². The van der Waals surface area contributed by atoms with Gasteiger partial charge in [-0.15, -0.1) is 0 Å². The van der Waals surface area contributed by atoms with Crippen molar-refractivity contribution < 1.29 is 9.59 Å². The van der Waals surface area contributed by atoms with Crippen LogP contribution < -0.4 is 10.6 Å². The van der Waals surface area contributed by atoms with Gasteiger partial charge in [-0.3, -0.25) is 14.7 Å². The molecule has 1 heterocycles. The van der Waals surface area contributed by atoms with Gasteiger partial charge in [0.15, 0.2) is 0 Å². The monoisotopic (exact) mass is 313 g/mol. The molecule has 2 rings (SSSR count). The molecule has 7 heteroatoms. The summed E-state index contributed by atoms with van der Waals surface area (Å²) in [6.07, 6.45) is 4.36. The van der Waals surface area contributed by atoms with Crippen LogP contribution in [0, 0.1) is 0 Å². The van der Waals surface area contributed by atoms with Crippen LogP contribution in [-0.4, -0.2) is 33.5 Å². The molecule has 0 radical (unpaired) electrons. The zero-order valence-corrected chi connectivity index (χ0v) is 12.7. The number of hydrogen-bond donors (Lipinski definition) is 3. The number of aromatic nitrogens is 3. The Hall–Kier alpha value is -2.96. The maximum Gasteiger partial charge on any atom is 0.247 e. The lowest BCUT2D eigenvalue weighted by Crippen LogP contribution is -2.27. The summed E-state index contributed by atoms with van der Waals surface area (Å²) in [7, 11) is 0. The molecular weight excluding hydrogens is 294 g/mol. The first-order chi connectivity index (χ1) is 11.2. The van der Waals surface area contributed by atoms with E-state index in [1.165, 1.54) is 12.4 Å². The van der Waals surface area contributed by atoms with Crippen LogP contribution in [-0.2, 0) is 22.4 Å². The average Bonchev–Trinajstić information content (AvgIpc) is 3.06. The molecule has 1 aromatic carbocycles. The van der Waals surface area contributed by atoms with E-state index in [-0.39, 0.29) is 18.2 Å².